The summed E-state index contributed by atoms with van der Waals surface area (Å²) in [5.74, 6) is 1.22. The van der Waals surface area contributed by atoms with Crippen molar-refractivity contribution in [1.29, 1.82) is 0 Å². The molecule has 0 N–H and O–H groups in total. The van der Waals surface area contributed by atoms with Crippen molar-refractivity contribution in [2.45, 2.75) is 72.6 Å². The average Bonchev–Trinajstić information content (AvgIpc) is 3.17. The first kappa shape index (κ1) is 21.3. The molecular weight excluding hydrogens is 427 g/mol. The van der Waals surface area contributed by atoms with Crippen molar-refractivity contribution in [3.63, 3.8) is 0 Å². The summed E-state index contributed by atoms with van der Waals surface area (Å²) in [4.78, 5) is 10.9. The molecule has 2 nitrogen and oxygen atoms in total. The Balaban J connectivity index is 2.40. The summed E-state index contributed by atoms with van der Waals surface area (Å²) < 4.78 is 11.7. The predicted octanol–water partition coefficient (Wildman–Crippen LogP) is 6.82. The summed E-state index contributed by atoms with van der Waals surface area (Å²) in [7, 11) is 0. The Bertz CT molecular complexity index is 653. The standard InChI is InChI=1S/C11H7O2.3C4H9.Sn/c12-8-10-6-7-11(13-10)9-4-2-1-3-5-9;3*1-3-4-2;/h1-2,4-8H;3*1,3-4H2,2H3;. The number of carbonyl (C=O) groups excluding carboxylic acids is 1. The van der Waals surface area contributed by atoms with Crippen LogP contribution >= 0.6 is 0 Å². The number of hydrogen-bond donors (Lipinski definition) is 0. The maximum absolute atomic E-state index is 10.9. The van der Waals surface area contributed by atoms with Gasteiger partial charge in [0.1, 0.15) is 0 Å². The van der Waals surface area contributed by atoms with E-state index in [1.165, 1.54) is 51.8 Å². The Morgan fingerprint density at radius 1 is 0.885 bits per heavy atom. The van der Waals surface area contributed by atoms with E-state index in [9.17, 15) is 4.79 Å². The summed E-state index contributed by atoms with van der Waals surface area (Å²) in [5.41, 5.74) is 1.13. The number of benzene rings is 1. The van der Waals surface area contributed by atoms with Crippen molar-refractivity contribution in [3.8, 4) is 11.3 Å². The second kappa shape index (κ2) is 11.0. The molecule has 2 rings (SSSR count). The zero-order chi connectivity index (χ0) is 18.8. The van der Waals surface area contributed by atoms with Gasteiger partial charge in [-0.25, -0.2) is 0 Å². The first-order chi connectivity index (χ1) is 12.7. The molecule has 1 heterocycles. The zero-order valence-electron chi connectivity index (χ0n) is 16.7. The van der Waals surface area contributed by atoms with Gasteiger partial charge in [0.2, 0.25) is 0 Å². The molecule has 1 aromatic carbocycles. The molecule has 0 aliphatic heterocycles. The van der Waals surface area contributed by atoms with Crippen molar-refractivity contribution in [2.24, 2.45) is 0 Å². The first-order valence-electron chi connectivity index (χ1n) is 10.3. The van der Waals surface area contributed by atoms with E-state index in [0.717, 1.165) is 17.6 Å². The van der Waals surface area contributed by atoms with E-state index >= 15 is 0 Å². The summed E-state index contributed by atoms with van der Waals surface area (Å²) in [6.45, 7) is 6.95. The summed E-state index contributed by atoms with van der Waals surface area (Å²) in [6.07, 6.45) is 8.74. The topological polar surface area (TPSA) is 30.2 Å². The molecule has 0 aliphatic carbocycles. The number of furan rings is 1. The monoisotopic (exact) mass is 462 g/mol. The number of rotatable bonds is 12. The molecule has 0 saturated heterocycles. The molecule has 0 bridgehead atoms. The fraction of sp³-hybridized carbons (Fsp3) is 0.522. The van der Waals surface area contributed by atoms with Gasteiger partial charge in [-0.1, -0.05) is 0 Å². The van der Waals surface area contributed by atoms with Crippen molar-refractivity contribution in [1.82, 2.24) is 0 Å². The molecule has 0 spiro atoms. The van der Waals surface area contributed by atoms with E-state index in [4.69, 9.17) is 4.42 Å². The third-order valence-electron chi connectivity index (χ3n) is 5.53. The van der Waals surface area contributed by atoms with Crippen LogP contribution in [0.1, 0.15) is 69.9 Å². The Labute approximate surface area is 163 Å². The van der Waals surface area contributed by atoms with Crippen LogP contribution in [0.4, 0.5) is 0 Å². The van der Waals surface area contributed by atoms with E-state index in [-0.39, 0.29) is 0 Å². The van der Waals surface area contributed by atoms with E-state index < -0.39 is 18.4 Å². The minimum absolute atomic E-state index is 0.406. The second-order valence-electron chi connectivity index (χ2n) is 7.49. The summed E-state index contributed by atoms with van der Waals surface area (Å²) in [5, 5.41) is 0. The van der Waals surface area contributed by atoms with Crippen LogP contribution in [0.15, 0.2) is 40.8 Å². The molecule has 0 amide bonds. The van der Waals surface area contributed by atoms with Gasteiger partial charge in [-0.2, -0.15) is 0 Å². The maximum atomic E-state index is 10.9. The van der Waals surface area contributed by atoms with Crippen molar-refractivity contribution in [2.75, 3.05) is 0 Å². The molecule has 0 radical (unpaired) electrons. The molecule has 0 fully saturated rings. The molecule has 0 saturated carbocycles. The average molecular weight is 461 g/mol. The summed E-state index contributed by atoms with van der Waals surface area (Å²) >= 11 is -2.42. The van der Waals surface area contributed by atoms with E-state index in [2.05, 4.69) is 45.0 Å². The summed E-state index contributed by atoms with van der Waals surface area (Å²) in [6, 6.07) is 12.8. The molecule has 0 atom stereocenters. The number of unbranched alkanes of at least 4 members (excludes halogenated alkanes) is 3. The van der Waals surface area contributed by atoms with Gasteiger partial charge < -0.3 is 0 Å². The van der Waals surface area contributed by atoms with Gasteiger partial charge in [-0.15, -0.1) is 0 Å². The van der Waals surface area contributed by atoms with Crippen LogP contribution in [0, 0.1) is 0 Å². The van der Waals surface area contributed by atoms with Gasteiger partial charge in [-0.05, 0) is 0 Å². The van der Waals surface area contributed by atoms with Crippen molar-refractivity contribution in [3.05, 3.63) is 42.2 Å². The van der Waals surface area contributed by atoms with E-state index in [1.54, 1.807) is 9.65 Å². The third kappa shape index (κ3) is 5.48. The second-order valence-corrected chi connectivity index (χ2v) is 20.7. The van der Waals surface area contributed by atoms with Gasteiger partial charge in [0, 0.05) is 0 Å². The van der Waals surface area contributed by atoms with Crippen LogP contribution in [0.25, 0.3) is 11.3 Å². The molecule has 0 aliphatic rings. The number of hydrogen-bond acceptors (Lipinski definition) is 2. The SMILES string of the molecule is CCC[CH2][Sn]([CH2]CCC)([CH2]CCC)[c]1cccc(-c2ccc(C=O)o2)c1. The molecule has 3 heteroatoms. The molecule has 1 aromatic heterocycles. The van der Waals surface area contributed by atoms with E-state index in [1.807, 2.05) is 6.07 Å². The van der Waals surface area contributed by atoms with Gasteiger partial charge in [0.25, 0.3) is 0 Å². The van der Waals surface area contributed by atoms with Crippen LogP contribution in [-0.2, 0) is 0 Å². The quantitative estimate of drug-likeness (QED) is 0.257. The minimum atomic E-state index is -2.42. The molecule has 142 valence electrons. The Morgan fingerprint density at radius 3 is 2.00 bits per heavy atom. The van der Waals surface area contributed by atoms with Crippen LogP contribution in [-0.4, -0.2) is 24.7 Å². The fourth-order valence-electron chi connectivity index (χ4n) is 3.93. The van der Waals surface area contributed by atoms with Crippen molar-refractivity contribution < 1.29 is 9.21 Å². The number of aldehydes is 1. The van der Waals surface area contributed by atoms with Crippen LogP contribution in [0.3, 0.4) is 0 Å². The van der Waals surface area contributed by atoms with Crippen LogP contribution < -0.4 is 3.58 Å². The molecule has 2 aromatic rings. The first-order valence-corrected chi connectivity index (χ1v) is 17.8. The third-order valence-corrected chi connectivity index (χ3v) is 21.1. The van der Waals surface area contributed by atoms with Gasteiger partial charge in [0.05, 0.1) is 0 Å². The van der Waals surface area contributed by atoms with Gasteiger partial charge in [-0.3, -0.25) is 0 Å². The normalized spacial score (nSPS) is 11.7. The van der Waals surface area contributed by atoms with Crippen molar-refractivity contribution >= 4 is 28.2 Å². The number of carbonyl (C=O) groups is 1. The van der Waals surface area contributed by atoms with E-state index in [0.29, 0.717) is 5.76 Å². The van der Waals surface area contributed by atoms with Gasteiger partial charge >= 0.3 is 164 Å². The Hall–Kier alpha value is -1.03. The van der Waals surface area contributed by atoms with Gasteiger partial charge in [0.15, 0.2) is 0 Å². The molecule has 26 heavy (non-hydrogen) atoms. The zero-order valence-corrected chi connectivity index (χ0v) is 19.6. The Morgan fingerprint density at radius 2 is 1.50 bits per heavy atom. The molecule has 0 unspecified atom stereocenters. The van der Waals surface area contributed by atoms with Crippen LogP contribution in [0.2, 0.25) is 13.3 Å². The Kier molecular flexibility index (Phi) is 8.97. The van der Waals surface area contributed by atoms with Crippen LogP contribution in [0.5, 0.6) is 0 Å². The molecular formula is C23H34O2Sn. The predicted molar refractivity (Wildman–Crippen MR) is 114 cm³/mol. The fourth-order valence-corrected chi connectivity index (χ4v) is 20.0.